The van der Waals surface area contributed by atoms with Gasteiger partial charge in [0.1, 0.15) is 11.5 Å². The lowest BCUT2D eigenvalue weighted by atomic mass is 9.97. The van der Waals surface area contributed by atoms with E-state index in [-0.39, 0.29) is 5.69 Å². The maximum absolute atomic E-state index is 14.2. The average molecular weight is 499 g/mol. The minimum Gasteiger partial charge on any atom is -0.497 e. The van der Waals surface area contributed by atoms with Crippen LogP contribution in [0.5, 0.6) is 11.5 Å². The van der Waals surface area contributed by atoms with Gasteiger partial charge in [0, 0.05) is 49.6 Å². The topological polar surface area (TPSA) is 40.5 Å². The fraction of sp³-hybridized carbons (Fsp3) is 0.370. The lowest BCUT2D eigenvalue weighted by molar-refractivity contribution is -0.137. The van der Waals surface area contributed by atoms with Gasteiger partial charge < -0.3 is 19.3 Å². The van der Waals surface area contributed by atoms with Gasteiger partial charge in [-0.05, 0) is 49.6 Å². The fourth-order valence-corrected chi connectivity index (χ4v) is 5.17. The Morgan fingerprint density at radius 3 is 2.22 bits per heavy atom. The van der Waals surface area contributed by atoms with Gasteiger partial charge in [0.25, 0.3) is 0 Å². The number of methoxy groups -OCH3 is 2. The lowest BCUT2D eigenvalue weighted by Gasteiger charge is -2.33. The number of benzene rings is 2. The van der Waals surface area contributed by atoms with Crippen LogP contribution in [0.15, 0.2) is 65.0 Å². The van der Waals surface area contributed by atoms with E-state index < -0.39 is 11.7 Å². The molecule has 0 bridgehead atoms. The van der Waals surface area contributed by atoms with Crippen LogP contribution < -0.4 is 19.4 Å². The van der Waals surface area contributed by atoms with Crippen LogP contribution in [0.3, 0.4) is 0 Å². The van der Waals surface area contributed by atoms with Crippen molar-refractivity contribution in [3.8, 4) is 11.5 Å². The van der Waals surface area contributed by atoms with Gasteiger partial charge in [-0.1, -0.05) is 6.58 Å². The van der Waals surface area contributed by atoms with E-state index in [1.54, 1.807) is 32.4 Å². The van der Waals surface area contributed by atoms with E-state index in [0.717, 1.165) is 55.5 Å². The van der Waals surface area contributed by atoms with Crippen molar-refractivity contribution in [1.29, 1.82) is 0 Å². The Kier molecular flexibility index (Phi) is 6.10. The van der Waals surface area contributed by atoms with Crippen molar-refractivity contribution < 1.29 is 22.6 Å². The summed E-state index contributed by atoms with van der Waals surface area (Å²) in [5.41, 5.74) is 3.42. The first-order valence-corrected chi connectivity index (χ1v) is 11.9. The zero-order valence-electron chi connectivity index (χ0n) is 20.7. The molecule has 0 atom stereocenters. The summed E-state index contributed by atoms with van der Waals surface area (Å²) in [6.07, 6.45) is -1.80. The van der Waals surface area contributed by atoms with E-state index >= 15 is 0 Å². The van der Waals surface area contributed by atoms with Crippen molar-refractivity contribution >= 4 is 17.1 Å². The number of hydrogen-bond donors (Lipinski definition) is 0. The third-order valence-corrected chi connectivity index (χ3v) is 6.99. The van der Waals surface area contributed by atoms with E-state index in [2.05, 4.69) is 11.5 Å². The van der Waals surface area contributed by atoms with E-state index in [0.29, 0.717) is 34.9 Å². The molecule has 0 N–H and O–H groups in total. The third-order valence-electron chi connectivity index (χ3n) is 6.99. The van der Waals surface area contributed by atoms with E-state index in [4.69, 9.17) is 14.6 Å². The van der Waals surface area contributed by atoms with Gasteiger partial charge in [0.2, 0.25) is 0 Å². The van der Waals surface area contributed by atoms with Crippen molar-refractivity contribution in [3.05, 3.63) is 71.1 Å². The van der Waals surface area contributed by atoms with Crippen LogP contribution in [0.2, 0.25) is 0 Å². The van der Waals surface area contributed by atoms with Crippen molar-refractivity contribution in [1.82, 2.24) is 4.90 Å². The normalized spacial score (nSPS) is 18.1. The fourth-order valence-electron chi connectivity index (χ4n) is 5.17. The van der Waals surface area contributed by atoms with Gasteiger partial charge in [-0.3, -0.25) is 0 Å². The quantitative estimate of drug-likeness (QED) is 0.533. The highest BCUT2D eigenvalue weighted by molar-refractivity contribution is 6.15. The van der Waals surface area contributed by atoms with Crippen LogP contribution in [0.25, 0.3) is 0 Å². The Hall–Kier alpha value is -3.62. The molecule has 5 rings (SSSR count). The molecule has 0 spiro atoms. The third kappa shape index (κ3) is 4.16. The van der Waals surface area contributed by atoms with Gasteiger partial charge in [-0.15, -0.1) is 0 Å². The largest absolute Gasteiger partial charge is 0.497 e. The molecule has 36 heavy (non-hydrogen) atoms. The van der Waals surface area contributed by atoms with E-state index in [1.807, 2.05) is 24.1 Å². The number of rotatable bonds is 5. The van der Waals surface area contributed by atoms with Crippen molar-refractivity contribution in [2.24, 2.45) is 5.10 Å². The molecule has 0 radical (unpaired) electrons. The minimum absolute atomic E-state index is 0.0314. The van der Waals surface area contributed by atoms with E-state index in [1.165, 1.54) is 5.01 Å². The second-order valence-corrected chi connectivity index (χ2v) is 9.20. The summed E-state index contributed by atoms with van der Waals surface area (Å²) >= 11 is 0. The maximum atomic E-state index is 14.2. The SMILES string of the molecule is C=C1C2=C(CCN2C)C(c2cc(OC)cc(OC)c2)=NN1c1cc(N2CCCC2)ccc1C(F)(F)F. The van der Waals surface area contributed by atoms with Crippen molar-refractivity contribution in [2.45, 2.75) is 25.4 Å². The number of halogens is 3. The molecule has 2 aromatic carbocycles. The predicted octanol–water partition coefficient (Wildman–Crippen LogP) is 5.65. The molecule has 1 fully saturated rings. The second-order valence-electron chi connectivity index (χ2n) is 9.20. The zero-order valence-corrected chi connectivity index (χ0v) is 20.7. The number of hydrogen-bond acceptors (Lipinski definition) is 6. The van der Waals surface area contributed by atoms with Crippen LogP contribution in [0, 0.1) is 0 Å². The Balaban J connectivity index is 1.70. The molecular weight excluding hydrogens is 469 g/mol. The highest BCUT2D eigenvalue weighted by Crippen LogP contribution is 2.44. The summed E-state index contributed by atoms with van der Waals surface area (Å²) in [6.45, 7) is 6.56. The first kappa shape index (κ1) is 24.1. The summed E-state index contributed by atoms with van der Waals surface area (Å²) in [5, 5.41) is 6.16. The molecule has 0 saturated carbocycles. The molecule has 3 aliphatic rings. The van der Waals surface area contributed by atoms with Gasteiger partial charge in [-0.25, -0.2) is 5.01 Å². The Labute approximate surface area is 208 Å². The minimum atomic E-state index is -4.55. The second kappa shape index (κ2) is 9.11. The molecule has 0 amide bonds. The highest BCUT2D eigenvalue weighted by Gasteiger charge is 2.39. The van der Waals surface area contributed by atoms with Crippen LogP contribution >= 0.6 is 0 Å². The van der Waals surface area contributed by atoms with Crippen molar-refractivity contribution in [2.75, 3.05) is 50.8 Å². The molecule has 6 nitrogen and oxygen atoms in total. The summed E-state index contributed by atoms with van der Waals surface area (Å²) in [7, 11) is 5.04. The number of anilines is 2. The molecule has 3 heterocycles. The molecule has 9 heteroatoms. The number of ether oxygens (including phenoxy) is 2. The van der Waals surface area contributed by atoms with Crippen LogP contribution in [0.1, 0.15) is 30.4 Å². The summed E-state index contributed by atoms with van der Waals surface area (Å²) in [5.74, 6) is 1.15. The number of nitrogens with zero attached hydrogens (tertiary/aromatic N) is 4. The molecule has 0 aromatic heterocycles. The monoisotopic (exact) mass is 498 g/mol. The lowest BCUT2D eigenvalue weighted by Crippen LogP contribution is -2.31. The predicted molar refractivity (Wildman–Crippen MR) is 135 cm³/mol. The molecular formula is C27H29F3N4O2. The summed E-state index contributed by atoms with van der Waals surface area (Å²) in [4.78, 5) is 4.13. The van der Waals surface area contributed by atoms with Gasteiger partial charge >= 0.3 is 6.18 Å². The van der Waals surface area contributed by atoms with Gasteiger partial charge in [0.05, 0.1) is 42.6 Å². The molecule has 190 valence electrons. The van der Waals surface area contributed by atoms with Crippen LogP contribution in [0.4, 0.5) is 24.5 Å². The average Bonchev–Trinajstić information content (AvgIpc) is 3.54. The van der Waals surface area contributed by atoms with E-state index in [9.17, 15) is 13.2 Å². The first-order chi connectivity index (χ1) is 17.2. The zero-order chi connectivity index (χ0) is 25.6. The number of alkyl halides is 3. The summed E-state index contributed by atoms with van der Waals surface area (Å²) < 4.78 is 53.6. The maximum Gasteiger partial charge on any atom is 0.418 e. The highest BCUT2D eigenvalue weighted by atomic mass is 19.4. The van der Waals surface area contributed by atoms with Gasteiger partial charge in [-0.2, -0.15) is 18.3 Å². The van der Waals surface area contributed by atoms with Crippen LogP contribution in [-0.4, -0.2) is 51.5 Å². The number of hydrazone groups is 1. The smallest absolute Gasteiger partial charge is 0.418 e. The Morgan fingerprint density at radius 1 is 0.944 bits per heavy atom. The van der Waals surface area contributed by atoms with Crippen molar-refractivity contribution in [3.63, 3.8) is 0 Å². The molecule has 1 saturated heterocycles. The molecule has 0 unspecified atom stereocenters. The molecule has 2 aromatic rings. The Bertz CT molecular complexity index is 1240. The Morgan fingerprint density at radius 2 is 1.61 bits per heavy atom. The number of likely N-dealkylation sites (N-methyl/N-ethyl adjacent to an activating group) is 1. The van der Waals surface area contributed by atoms with Gasteiger partial charge in [0.15, 0.2) is 0 Å². The first-order valence-electron chi connectivity index (χ1n) is 11.9. The molecule has 0 aliphatic carbocycles. The standard InChI is InChI=1S/C27H29F3N4O2/c1-17-26-22(9-12-32(26)2)25(18-13-20(35-3)16-21(14-18)36-4)31-34(17)24-15-19(33-10-5-6-11-33)7-8-23(24)27(28,29)30/h7-8,13-16H,1,5-6,9-12H2,2-4H3. The summed E-state index contributed by atoms with van der Waals surface area (Å²) in [6, 6.07) is 9.69. The molecule has 3 aliphatic heterocycles. The van der Waals surface area contributed by atoms with Crippen LogP contribution in [-0.2, 0) is 6.18 Å².